The molecule has 2 N–H and O–H groups in total. The Kier molecular flexibility index (Phi) is 3.35. The van der Waals surface area contributed by atoms with Gasteiger partial charge in [-0.1, -0.05) is 17.7 Å². The maximum atomic E-state index is 13.8. The highest BCUT2D eigenvalue weighted by atomic mass is 19.1. The molecule has 0 amide bonds. The molecule has 0 radical (unpaired) electrons. The number of hydrogen-bond donors (Lipinski definition) is 1. The zero-order valence-corrected chi connectivity index (χ0v) is 9.48. The van der Waals surface area contributed by atoms with Gasteiger partial charge in [0.25, 0.3) is 5.88 Å². The van der Waals surface area contributed by atoms with Crippen LogP contribution in [0.25, 0.3) is 0 Å². The van der Waals surface area contributed by atoms with Crippen molar-refractivity contribution in [2.24, 2.45) is 5.73 Å². The lowest BCUT2D eigenvalue weighted by Gasteiger charge is -2.07. The molecule has 88 valence electrons. The van der Waals surface area contributed by atoms with Gasteiger partial charge in [-0.05, 0) is 25.1 Å². The number of ether oxygens (including phenoxy) is 1. The summed E-state index contributed by atoms with van der Waals surface area (Å²) in [6.07, 6.45) is 1.48. The van der Waals surface area contributed by atoms with Crippen LogP contribution in [0.4, 0.5) is 4.39 Å². The second kappa shape index (κ2) is 4.93. The fourth-order valence-corrected chi connectivity index (χ4v) is 1.41. The fraction of sp³-hybridized carbons (Fsp3) is 0.154. The van der Waals surface area contributed by atoms with Crippen molar-refractivity contribution >= 4 is 0 Å². The first-order valence-corrected chi connectivity index (χ1v) is 5.28. The molecule has 0 aliphatic heterocycles. The Balaban J connectivity index is 2.27. The van der Waals surface area contributed by atoms with E-state index in [0.717, 1.165) is 5.56 Å². The van der Waals surface area contributed by atoms with Crippen LogP contribution in [-0.2, 0) is 6.54 Å². The van der Waals surface area contributed by atoms with Gasteiger partial charge in [0.2, 0.25) is 0 Å². The average Bonchev–Trinajstić information content (AvgIpc) is 2.35. The SMILES string of the molecule is Cc1ccc(Oc2nccc(CN)c2F)cc1. The van der Waals surface area contributed by atoms with E-state index in [1.807, 2.05) is 19.1 Å². The van der Waals surface area contributed by atoms with Crippen molar-refractivity contribution in [3.63, 3.8) is 0 Å². The Morgan fingerprint density at radius 2 is 1.94 bits per heavy atom. The van der Waals surface area contributed by atoms with Crippen LogP contribution in [0.15, 0.2) is 36.5 Å². The average molecular weight is 232 g/mol. The van der Waals surface area contributed by atoms with Gasteiger partial charge >= 0.3 is 0 Å². The van der Waals surface area contributed by atoms with Crippen molar-refractivity contribution in [1.29, 1.82) is 0 Å². The molecular formula is C13H13FN2O. The number of rotatable bonds is 3. The van der Waals surface area contributed by atoms with Crippen molar-refractivity contribution in [3.05, 3.63) is 53.5 Å². The summed E-state index contributed by atoms with van der Waals surface area (Å²) in [6.45, 7) is 2.09. The van der Waals surface area contributed by atoms with E-state index in [1.165, 1.54) is 12.3 Å². The first-order valence-electron chi connectivity index (χ1n) is 5.28. The lowest BCUT2D eigenvalue weighted by molar-refractivity contribution is 0.419. The van der Waals surface area contributed by atoms with Crippen LogP contribution in [0, 0.1) is 12.7 Å². The van der Waals surface area contributed by atoms with E-state index in [4.69, 9.17) is 10.5 Å². The molecule has 0 spiro atoms. The minimum absolute atomic E-state index is 0.0446. The van der Waals surface area contributed by atoms with Crippen molar-refractivity contribution in [3.8, 4) is 11.6 Å². The summed E-state index contributed by atoms with van der Waals surface area (Å²) in [5, 5.41) is 0. The molecule has 1 heterocycles. The standard InChI is InChI=1S/C13H13FN2O/c1-9-2-4-11(5-3-9)17-13-12(14)10(8-15)6-7-16-13/h2-7H,8,15H2,1H3. The van der Waals surface area contributed by atoms with Crippen LogP contribution in [0.3, 0.4) is 0 Å². The minimum atomic E-state index is -0.504. The van der Waals surface area contributed by atoms with Gasteiger partial charge in [-0.15, -0.1) is 0 Å². The van der Waals surface area contributed by atoms with Crippen LogP contribution in [0.1, 0.15) is 11.1 Å². The Bertz CT molecular complexity index is 511. The van der Waals surface area contributed by atoms with Crippen LogP contribution < -0.4 is 10.5 Å². The predicted molar refractivity (Wildman–Crippen MR) is 63.3 cm³/mol. The van der Waals surface area contributed by atoms with Gasteiger partial charge in [-0.3, -0.25) is 0 Å². The molecule has 2 aromatic rings. The zero-order valence-electron chi connectivity index (χ0n) is 9.48. The molecule has 0 unspecified atom stereocenters. The first kappa shape index (κ1) is 11.5. The number of nitrogens with zero attached hydrogens (tertiary/aromatic N) is 1. The third-order valence-electron chi connectivity index (χ3n) is 2.39. The predicted octanol–water partition coefficient (Wildman–Crippen LogP) is 2.78. The molecule has 0 bridgehead atoms. The monoisotopic (exact) mass is 232 g/mol. The summed E-state index contributed by atoms with van der Waals surface area (Å²) in [5.41, 5.74) is 6.91. The second-order valence-corrected chi connectivity index (χ2v) is 3.71. The van der Waals surface area contributed by atoms with E-state index in [0.29, 0.717) is 11.3 Å². The van der Waals surface area contributed by atoms with Gasteiger partial charge in [-0.2, -0.15) is 0 Å². The normalized spacial score (nSPS) is 10.3. The van der Waals surface area contributed by atoms with Crippen molar-refractivity contribution in [2.45, 2.75) is 13.5 Å². The Morgan fingerprint density at radius 1 is 1.24 bits per heavy atom. The molecule has 1 aromatic heterocycles. The largest absolute Gasteiger partial charge is 0.436 e. The molecule has 3 nitrogen and oxygen atoms in total. The highest BCUT2D eigenvalue weighted by Crippen LogP contribution is 2.23. The summed E-state index contributed by atoms with van der Waals surface area (Å²) in [5.74, 6) is 0.00329. The van der Waals surface area contributed by atoms with Crippen LogP contribution >= 0.6 is 0 Å². The van der Waals surface area contributed by atoms with Crippen molar-refractivity contribution < 1.29 is 9.13 Å². The maximum Gasteiger partial charge on any atom is 0.256 e. The van der Waals surface area contributed by atoms with E-state index >= 15 is 0 Å². The quantitative estimate of drug-likeness (QED) is 0.885. The van der Waals surface area contributed by atoms with E-state index in [2.05, 4.69) is 4.98 Å². The highest BCUT2D eigenvalue weighted by Gasteiger charge is 2.10. The summed E-state index contributed by atoms with van der Waals surface area (Å²) in [7, 11) is 0. The lowest BCUT2D eigenvalue weighted by atomic mass is 10.2. The van der Waals surface area contributed by atoms with Crippen LogP contribution in [-0.4, -0.2) is 4.98 Å². The van der Waals surface area contributed by atoms with E-state index in [1.54, 1.807) is 12.1 Å². The number of pyridine rings is 1. The Morgan fingerprint density at radius 3 is 2.59 bits per heavy atom. The molecule has 4 heteroatoms. The maximum absolute atomic E-state index is 13.8. The van der Waals surface area contributed by atoms with Crippen LogP contribution in [0.2, 0.25) is 0 Å². The first-order chi connectivity index (χ1) is 8.20. The number of hydrogen-bond acceptors (Lipinski definition) is 3. The molecular weight excluding hydrogens is 219 g/mol. The topological polar surface area (TPSA) is 48.1 Å². The number of aryl methyl sites for hydroxylation is 1. The highest BCUT2D eigenvalue weighted by molar-refractivity contribution is 5.32. The number of halogens is 1. The Labute approximate surface area is 99.1 Å². The van der Waals surface area contributed by atoms with Gasteiger partial charge in [0, 0.05) is 18.3 Å². The Hall–Kier alpha value is -1.94. The van der Waals surface area contributed by atoms with E-state index in [9.17, 15) is 4.39 Å². The van der Waals surface area contributed by atoms with Gasteiger partial charge in [0.1, 0.15) is 5.75 Å². The molecule has 2 rings (SSSR count). The summed E-state index contributed by atoms with van der Waals surface area (Å²) < 4.78 is 19.1. The summed E-state index contributed by atoms with van der Waals surface area (Å²) >= 11 is 0. The number of nitrogens with two attached hydrogens (primary N) is 1. The smallest absolute Gasteiger partial charge is 0.256 e. The minimum Gasteiger partial charge on any atom is -0.436 e. The molecule has 0 saturated carbocycles. The van der Waals surface area contributed by atoms with Crippen LogP contribution in [0.5, 0.6) is 11.6 Å². The van der Waals surface area contributed by atoms with E-state index in [-0.39, 0.29) is 12.4 Å². The van der Waals surface area contributed by atoms with Gasteiger partial charge in [0.05, 0.1) is 0 Å². The summed E-state index contributed by atoms with van der Waals surface area (Å²) in [4.78, 5) is 3.85. The summed E-state index contributed by atoms with van der Waals surface area (Å²) in [6, 6.07) is 8.86. The molecule has 0 aliphatic rings. The van der Waals surface area contributed by atoms with Gasteiger partial charge < -0.3 is 10.5 Å². The molecule has 0 fully saturated rings. The zero-order chi connectivity index (χ0) is 12.3. The van der Waals surface area contributed by atoms with Gasteiger partial charge in [0.15, 0.2) is 5.82 Å². The number of aromatic nitrogens is 1. The molecule has 1 aromatic carbocycles. The molecule has 0 atom stereocenters. The van der Waals surface area contributed by atoms with Crippen molar-refractivity contribution in [2.75, 3.05) is 0 Å². The molecule has 0 aliphatic carbocycles. The lowest BCUT2D eigenvalue weighted by Crippen LogP contribution is -2.02. The third-order valence-corrected chi connectivity index (χ3v) is 2.39. The fourth-order valence-electron chi connectivity index (χ4n) is 1.41. The third kappa shape index (κ3) is 2.60. The van der Waals surface area contributed by atoms with Gasteiger partial charge in [-0.25, -0.2) is 9.37 Å². The number of benzene rings is 1. The van der Waals surface area contributed by atoms with E-state index < -0.39 is 5.82 Å². The second-order valence-electron chi connectivity index (χ2n) is 3.71. The molecule has 0 saturated heterocycles. The van der Waals surface area contributed by atoms with Crippen molar-refractivity contribution in [1.82, 2.24) is 4.98 Å². The molecule has 17 heavy (non-hydrogen) atoms.